The quantitative estimate of drug-likeness (QED) is 0.605. The maximum absolute atomic E-state index is 13.6. The summed E-state index contributed by atoms with van der Waals surface area (Å²) >= 11 is 0. The van der Waals surface area contributed by atoms with Crippen LogP contribution >= 0.6 is 0 Å². The molecule has 2 aromatic carbocycles. The van der Waals surface area contributed by atoms with Crippen molar-refractivity contribution in [1.29, 1.82) is 0 Å². The fourth-order valence-corrected chi connectivity index (χ4v) is 4.12. The molecule has 3 aromatic rings. The van der Waals surface area contributed by atoms with Gasteiger partial charge in [0, 0.05) is 0 Å². The molecule has 0 radical (unpaired) electrons. The van der Waals surface area contributed by atoms with Crippen molar-refractivity contribution >= 4 is 0 Å². The third-order valence-corrected chi connectivity index (χ3v) is 5.40. The van der Waals surface area contributed by atoms with Crippen molar-refractivity contribution in [3.8, 4) is 0 Å². The first-order valence-corrected chi connectivity index (χ1v) is 9.07. The van der Waals surface area contributed by atoms with Gasteiger partial charge in [0.15, 0.2) is 0 Å². The van der Waals surface area contributed by atoms with Gasteiger partial charge >= 0.3 is 0 Å². The summed E-state index contributed by atoms with van der Waals surface area (Å²) in [5.41, 5.74) is 5.04. The van der Waals surface area contributed by atoms with Crippen LogP contribution in [0.1, 0.15) is 59.9 Å². The summed E-state index contributed by atoms with van der Waals surface area (Å²) in [7, 11) is 0. The third-order valence-electron chi connectivity index (χ3n) is 5.40. The van der Waals surface area contributed by atoms with E-state index in [2.05, 4.69) is 42.2 Å². The maximum Gasteiger partial charge on any atom is 0.230 e. The minimum Gasteiger partial charge on any atom is -0.323 e. The largest absolute Gasteiger partial charge is 0.323 e. The average molecular weight is 334 g/mol. The van der Waals surface area contributed by atoms with Crippen LogP contribution < -0.4 is 0 Å². The Morgan fingerprint density at radius 2 is 1.84 bits per heavy atom. The minimum atomic E-state index is -0.443. The monoisotopic (exact) mass is 334 g/mol. The van der Waals surface area contributed by atoms with Gasteiger partial charge in [0.1, 0.15) is 0 Å². The fourth-order valence-electron chi connectivity index (χ4n) is 4.12. The Bertz CT molecular complexity index is 847. The van der Waals surface area contributed by atoms with E-state index in [9.17, 15) is 4.39 Å². The molecular weight excluding hydrogens is 311 g/mol. The lowest BCUT2D eigenvalue weighted by Gasteiger charge is -2.23. The first-order valence-electron chi connectivity index (χ1n) is 9.07. The second-order valence-electron chi connectivity index (χ2n) is 7.05. The third kappa shape index (κ3) is 3.23. The van der Waals surface area contributed by atoms with Crippen LogP contribution in [0.25, 0.3) is 0 Å². The molecule has 0 bridgehead atoms. The van der Waals surface area contributed by atoms with Crippen molar-refractivity contribution in [3.63, 3.8) is 0 Å². The molecule has 1 fully saturated rings. The van der Waals surface area contributed by atoms with Gasteiger partial charge in [-0.05, 0) is 47.9 Å². The van der Waals surface area contributed by atoms with E-state index >= 15 is 0 Å². The number of benzene rings is 2. The number of halogens is 1. The summed E-state index contributed by atoms with van der Waals surface area (Å²) < 4.78 is 15.4. The van der Waals surface area contributed by atoms with Gasteiger partial charge in [-0.1, -0.05) is 61.4 Å². The lowest BCUT2D eigenvalue weighted by Crippen LogP contribution is -2.12. The standard InChI is InChI=1S/C22H23FN2/c1-16-13-19(17-7-5-6-8-17)11-12-20(16)22(18-9-3-2-4-10-18)25-14-21(23)24-15-25/h2-4,9-15,17,22H,5-8H2,1H3. The van der Waals surface area contributed by atoms with Gasteiger partial charge in [-0.25, -0.2) is 4.98 Å². The Morgan fingerprint density at radius 3 is 2.48 bits per heavy atom. The van der Waals surface area contributed by atoms with E-state index in [1.54, 1.807) is 6.33 Å². The van der Waals surface area contributed by atoms with Gasteiger partial charge in [0.2, 0.25) is 5.95 Å². The zero-order valence-corrected chi connectivity index (χ0v) is 14.5. The highest BCUT2D eigenvalue weighted by Gasteiger charge is 2.21. The molecule has 3 heteroatoms. The second kappa shape index (κ2) is 6.83. The van der Waals surface area contributed by atoms with Crippen LogP contribution in [0.3, 0.4) is 0 Å². The molecule has 1 aliphatic carbocycles. The normalized spacial score (nSPS) is 16.2. The van der Waals surface area contributed by atoms with Gasteiger partial charge in [0.05, 0.1) is 18.6 Å². The van der Waals surface area contributed by atoms with Gasteiger partial charge in [0.25, 0.3) is 0 Å². The van der Waals surface area contributed by atoms with E-state index in [4.69, 9.17) is 0 Å². The number of hydrogen-bond donors (Lipinski definition) is 0. The van der Waals surface area contributed by atoms with Crippen LogP contribution in [0.15, 0.2) is 61.1 Å². The molecule has 1 heterocycles. The predicted octanol–water partition coefficient (Wildman–Crippen LogP) is 5.63. The van der Waals surface area contributed by atoms with Crippen LogP contribution in [0.4, 0.5) is 4.39 Å². The van der Waals surface area contributed by atoms with Crippen molar-refractivity contribution in [2.24, 2.45) is 0 Å². The lowest BCUT2D eigenvalue weighted by molar-refractivity contribution is 0.584. The number of nitrogens with zero attached hydrogens (tertiary/aromatic N) is 2. The summed E-state index contributed by atoms with van der Waals surface area (Å²) in [4.78, 5) is 3.80. The molecule has 128 valence electrons. The Hall–Kier alpha value is -2.42. The van der Waals surface area contributed by atoms with Crippen LogP contribution in [0, 0.1) is 12.9 Å². The number of imidazole rings is 1. The van der Waals surface area contributed by atoms with Crippen LogP contribution in [-0.4, -0.2) is 9.55 Å². The molecule has 0 saturated heterocycles. The van der Waals surface area contributed by atoms with E-state index < -0.39 is 5.95 Å². The smallest absolute Gasteiger partial charge is 0.230 e. The molecule has 0 aliphatic heterocycles. The zero-order valence-electron chi connectivity index (χ0n) is 14.5. The van der Waals surface area contributed by atoms with Crippen molar-refractivity contribution in [3.05, 3.63) is 89.3 Å². The van der Waals surface area contributed by atoms with Crippen molar-refractivity contribution < 1.29 is 4.39 Å². The molecule has 0 amide bonds. The minimum absolute atomic E-state index is 0.0594. The molecule has 0 spiro atoms. The maximum atomic E-state index is 13.6. The summed E-state index contributed by atoms with van der Waals surface area (Å²) in [6.45, 7) is 2.16. The molecule has 2 nitrogen and oxygen atoms in total. The molecule has 1 aliphatic rings. The number of aryl methyl sites for hydroxylation is 1. The summed E-state index contributed by atoms with van der Waals surface area (Å²) in [6, 6.07) is 17.0. The first-order chi connectivity index (χ1) is 12.2. The van der Waals surface area contributed by atoms with E-state index in [1.807, 2.05) is 22.8 Å². The number of aromatic nitrogens is 2. The second-order valence-corrected chi connectivity index (χ2v) is 7.05. The van der Waals surface area contributed by atoms with Crippen molar-refractivity contribution in [2.45, 2.75) is 44.6 Å². The van der Waals surface area contributed by atoms with E-state index in [0.29, 0.717) is 5.92 Å². The van der Waals surface area contributed by atoms with Crippen molar-refractivity contribution in [2.75, 3.05) is 0 Å². The highest BCUT2D eigenvalue weighted by atomic mass is 19.1. The number of rotatable bonds is 4. The molecule has 1 saturated carbocycles. The van der Waals surface area contributed by atoms with E-state index in [1.165, 1.54) is 48.6 Å². The van der Waals surface area contributed by atoms with Gasteiger partial charge in [-0.2, -0.15) is 4.39 Å². The van der Waals surface area contributed by atoms with Gasteiger partial charge in [-0.3, -0.25) is 0 Å². The SMILES string of the molecule is Cc1cc(C2CCCC2)ccc1C(c1ccccc1)n1cnc(F)c1. The molecule has 1 aromatic heterocycles. The molecule has 1 unspecified atom stereocenters. The topological polar surface area (TPSA) is 17.8 Å². The lowest BCUT2D eigenvalue weighted by atomic mass is 9.89. The Balaban J connectivity index is 1.77. The molecule has 25 heavy (non-hydrogen) atoms. The molecular formula is C22H23FN2. The summed E-state index contributed by atoms with van der Waals surface area (Å²) in [5.74, 6) is 0.259. The van der Waals surface area contributed by atoms with Crippen molar-refractivity contribution in [1.82, 2.24) is 9.55 Å². The van der Waals surface area contributed by atoms with Crippen LogP contribution in [0.5, 0.6) is 0 Å². The Labute approximate surface area is 148 Å². The average Bonchev–Trinajstić information content (AvgIpc) is 3.30. The van der Waals surface area contributed by atoms with Gasteiger partial charge < -0.3 is 4.57 Å². The summed E-state index contributed by atoms with van der Waals surface area (Å²) in [5, 5.41) is 0. The molecule has 1 atom stereocenters. The summed E-state index contributed by atoms with van der Waals surface area (Å²) in [6.07, 6.45) is 8.33. The fraction of sp³-hybridized carbons (Fsp3) is 0.318. The predicted molar refractivity (Wildman–Crippen MR) is 98.3 cm³/mol. The highest BCUT2D eigenvalue weighted by molar-refractivity contribution is 5.41. The molecule has 4 rings (SSSR count). The molecule has 0 N–H and O–H groups in total. The van der Waals surface area contributed by atoms with Gasteiger partial charge in [-0.15, -0.1) is 0 Å². The van der Waals surface area contributed by atoms with Crippen LogP contribution in [-0.2, 0) is 0 Å². The van der Waals surface area contributed by atoms with Crippen LogP contribution in [0.2, 0.25) is 0 Å². The number of hydrogen-bond acceptors (Lipinski definition) is 1. The Kier molecular flexibility index (Phi) is 4.39. The van der Waals surface area contributed by atoms with E-state index in [0.717, 1.165) is 5.56 Å². The Morgan fingerprint density at radius 1 is 1.08 bits per heavy atom. The zero-order chi connectivity index (χ0) is 17.2. The highest BCUT2D eigenvalue weighted by Crippen LogP contribution is 2.36. The first kappa shape index (κ1) is 16.1. The van der Waals surface area contributed by atoms with E-state index in [-0.39, 0.29) is 6.04 Å².